The lowest BCUT2D eigenvalue weighted by Crippen LogP contribution is -2.36. The van der Waals surface area contributed by atoms with E-state index >= 15 is 0 Å². The topological polar surface area (TPSA) is 53.0 Å². The molecule has 1 amide bonds. The van der Waals surface area contributed by atoms with Crippen molar-refractivity contribution in [2.45, 2.75) is 19.1 Å². The Morgan fingerprint density at radius 2 is 2.21 bits per heavy atom. The summed E-state index contributed by atoms with van der Waals surface area (Å²) in [6.45, 7) is 4.72. The van der Waals surface area contributed by atoms with Crippen LogP contribution < -0.4 is 4.74 Å². The van der Waals surface area contributed by atoms with Crippen LogP contribution in [0.2, 0.25) is 0 Å². The fraction of sp³-hybridized carbons (Fsp3) is 0.348. The SMILES string of the molecule is COc1ccc(C2=CC(=O)N3C=C(C4=CCN(CCO)CC4)C=CC3P2)cc1C. The van der Waals surface area contributed by atoms with Crippen molar-refractivity contribution in [3.8, 4) is 5.75 Å². The molecule has 2 atom stereocenters. The number of β-amino-alcohol motifs (C(OH)–C–C–N with tert-alkyl or cyclic N) is 1. The summed E-state index contributed by atoms with van der Waals surface area (Å²) in [5.74, 6) is 0.992. The standard InChI is InChI=1S/C23H27N2O3P/c1-16-13-18(3-5-20(16)28-2)21-14-22(27)25-15-19(4-6-23(25)29-21)17-7-9-24(10-8-17)11-12-26/h3-7,13-15,23,26,29H,8-12H2,1-2H3. The molecule has 1 aromatic rings. The van der Waals surface area contributed by atoms with Crippen molar-refractivity contribution in [1.82, 2.24) is 9.80 Å². The zero-order chi connectivity index (χ0) is 20.4. The summed E-state index contributed by atoms with van der Waals surface area (Å²) in [7, 11) is 2.19. The zero-order valence-electron chi connectivity index (χ0n) is 16.9. The molecule has 2 unspecified atom stereocenters. The highest BCUT2D eigenvalue weighted by atomic mass is 31.1. The molecule has 6 heteroatoms. The summed E-state index contributed by atoms with van der Waals surface area (Å²) in [6.07, 6.45) is 11.3. The van der Waals surface area contributed by atoms with Crippen molar-refractivity contribution in [2.75, 3.05) is 33.4 Å². The molecular weight excluding hydrogens is 383 g/mol. The minimum Gasteiger partial charge on any atom is -0.496 e. The molecule has 5 nitrogen and oxygen atoms in total. The molecule has 152 valence electrons. The Balaban J connectivity index is 1.52. The third-order valence-corrected chi connectivity index (χ3v) is 7.16. The van der Waals surface area contributed by atoms with Crippen LogP contribution in [-0.2, 0) is 4.79 Å². The molecule has 0 fully saturated rings. The van der Waals surface area contributed by atoms with Crippen molar-refractivity contribution < 1.29 is 14.6 Å². The van der Waals surface area contributed by atoms with Gasteiger partial charge in [0.1, 0.15) is 5.75 Å². The van der Waals surface area contributed by atoms with E-state index in [-0.39, 0.29) is 18.3 Å². The smallest absolute Gasteiger partial charge is 0.252 e. The summed E-state index contributed by atoms with van der Waals surface area (Å²) in [4.78, 5) is 17.0. The average molecular weight is 410 g/mol. The van der Waals surface area contributed by atoms with E-state index in [2.05, 4.69) is 29.2 Å². The van der Waals surface area contributed by atoms with Gasteiger partial charge in [0.05, 0.1) is 19.5 Å². The number of nitrogens with zero attached hydrogens (tertiary/aromatic N) is 2. The van der Waals surface area contributed by atoms with Crippen LogP contribution in [0.15, 0.2) is 59.8 Å². The summed E-state index contributed by atoms with van der Waals surface area (Å²) in [5, 5.41) is 10.2. The average Bonchev–Trinajstić information content (AvgIpc) is 2.74. The van der Waals surface area contributed by atoms with Crippen molar-refractivity contribution in [3.63, 3.8) is 0 Å². The quantitative estimate of drug-likeness (QED) is 0.757. The van der Waals surface area contributed by atoms with Crippen molar-refractivity contribution in [3.05, 3.63) is 71.0 Å². The molecule has 29 heavy (non-hydrogen) atoms. The highest BCUT2D eigenvalue weighted by Gasteiger charge is 2.29. The second-order valence-corrected chi connectivity index (χ2v) is 8.94. The summed E-state index contributed by atoms with van der Waals surface area (Å²) < 4.78 is 5.35. The third kappa shape index (κ3) is 4.23. The number of carbonyl (C=O) groups excluding carboxylic acids is 1. The highest BCUT2D eigenvalue weighted by molar-refractivity contribution is 7.51. The molecule has 0 bridgehead atoms. The fourth-order valence-electron chi connectivity index (χ4n) is 4.00. The van der Waals surface area contributed by atoms with Crippen LogP contribution in [0.25, 0.3) is 5.31 Å². The van der Waals surface area contributed by atoms with Crippen LogP contribution in [0.4, 0.5) is 0 Å². The summed E-state index contributed by atoms with van der Waals surface area (Å²) in [5.41, 5.74) is 4.58. The van der Waals surface area contributed by atoms with Crippen molar-refractivity contribution >= 4 is 19.8 Å². The molecule has 0 saturated heterocycles. The van der Waals surface area contributed by atoms with Crippen LogP contribution in [0.3, 0.4) is 0 Å². The van der Waals surface area contributed by atoms with Gasteiger partial charge in [0.25, 0.3) is 5.91 Å². The maximum atomic E-state index is 12.9. The minimum atomic E-state index is 0.0392. The Morgan fingerprint density at radius 3 is 2.90 bits per heavy atom. The number of hydrogen-bond acceptors (Lipinski definition) is 4. The number of ether oxygens (including phenoxy) is 1. The van der Waals surface area contributed by atoms with Crippen LogP contribution in [0.1, 0.15) is 17.5 Å². The Labute approximate surface area is 173 Å². The fourth-order valence-corrected chi connectivity index (χ4v) is 5.38. The van der Waals surface area contributed by atoms with E-state index in [1.54, 1.807) is 13.2 Å². The van der Waals surface area contributed by atoms with E-state index in [0.717, 1.165) is 47.3 Å². The molecule has 3 heterocycles. The zero-order valence-corrected chi connectivity index (χ0v) is 17.9. The second-order valence-electron chi connectivity index (χ2n) is 7.52. The Kier molecular flexibility index (Phi) is 6.00. The largest absolute Gasteiger partial charge is 0.496 e. The number of methoxy groups -OCH3 is 1. The molecule has 0 saturated carbocycles. The first-order chi connectivity index (χ1) is 14.1. The molecule has 0 radical (unpaired) electrons. The number of carbonyl (C=O) groups is 1. The first-order valence-electron chi connectivity index (χ1n) is 9.97. The molecule has 1 aromatic carbocycles. The number of benzene rings is 1. The van der Waals surface area contributed by atoms with E-state index in [1.807, 2.05) is 30.2 Å². The normalized spacial score (nSPS) is 22.9. The van der Waals surface area contributed by atoms with E-state index in [1.165, 1.54) is 5.57 Å². The van der Waals surface area contributed by atoms with Gasteiger partial charge in [-0.2, -0.15) is 0 Å². The summed E-state index contributed by atoms with van der Waals surface area (Å²) in [6, 6.07) is 6.10. The predicted octanol–water partition coefficient (Wildman–Crippen LogP) is 3.27. The van der Waals surface area contributed by atoms with Gasteiger partial charge in [-0.1, -0.05) is 32.9 Å². The van der Waals surface area contributed by atoms with Crippen LogP contribution in [-0.4, -0.2) is 59.9 Å². The van der Waals surface area contributed by atoms with E-state index in [4.69, 9.17) is 9.84 Å². The minimum absolute atomic E-state index is 0.0392. The van der Waals surface area contributed by atoms with Gasteiger partial charge in [-0.3, -0.25) is 9.69 Å². The molecule has 3 aliphatic heterocycles. The monoisotopic (exact) mass is 410 g/mol. The first-order valence-corrected chi connectivity index (χ1v) is 11.0. The van der Waals surface area contributed by atoms with Gasteiger partial charge in [0.2, 0.25) is 0 Å². The van der Waals surface area contributed by atoms with Gasteiger partial charge in [0, 0.05) is 31.9 Å². The molecular formula is C23H27N2O3P. The van der Waals surface area contributed by atoms with Gasteiger partial charge in [-0.25, -0.2) is 0 Å². The molecule has 0 spiro atoms. The predicted molar refractivity (Wildman–Crippen MR) is 118 cm³/mol. The Bertz CT molecular complexity index is 932. The number of amides is 1. The molecule has 3 aliphatic rings. The Morgan fingerprint density at radius 1 is 1.34 bits per heavy atom. The highest BCUT2D eigenvalue weighted by Crippen LogP contribution is 2.45. The molecule has 1 N–H and O–H groups in total. The molecule has 4 rings (SSSR count). The van der Waals surface area contributed by atoms with E-state index in [9.17, 15) is 4.79 Å². The number of aliphatic hydroxyl groups excluding tert-OH is 1. The number of allylic oxidation sites excluding steroid dienone is 2. The molecule has 0 aliphatic carbocycles. The number of aliphatic hydroxyl groups is 1. The van der Waals surface area contributed by atoms with E-state index < -0.39 is 0 Å². The van der Waals surface area contributed by atoms with Crippen molar-refractivity contribution in [2.24, 2.45) is 0 Å². The lowest BCUT2D eigenvalue weighted by molar-refractivity contribution is -0.123. The van der Waals surface area contributed by atoms with Crippen LogP contribution in [0, 0.1) is 6.92 Å². The first kappa shape index (κ1) is 20.1. The van der Waals surface area contributed by atoms with Gasteiger partial charge in [-0.05, 0) is 53.1 Å². The van der Waals surface area contributed by atoms with E-state index in [0.29, 0.717) is 15.1 Å². The molecule has 0 aromatic heterocycles. The number of fused-ring (bicyclic) bond motifs is 1. The van der Waals surface area contributed by atoms with Gasteiger partial charge in [-0.15, -0.1) is 0 Å². The number of aryl methyl sites for hydroxylation is 1. The van der Waals surface area contributed by atoms with Gasteiger partial charge in [0.15, 0.2) is 0 Å². The van der Waals surface area contributed by atoms with Crippen LogP contribution >= 0.6 is 8.58 Å². The third-order valence-electron chi connectivity index (χ3n) is 5.65. The lowest BCUT2D eigenvalue weighted by Gasteiger charge is -2.35. The van der Waals surface area contributed by atoms with Gasteiger partial charge < -0.3 is 14.7 Å². The number of hydrogen-bond donors (Lipinski definition) is 1. The maximum absolute atomic E-state index is 12.9. The van der Waals surface area contributed by atoms with Gasteiger partial charge >= 0.3 is 0 Å². The number of rotatable bonds is 5. The van der Waals surface area contributed by atoms with Crippen LogP contribution in [0.5, 0.6) is 5.75 Å². The second kappa shape index (κ2) is 8.66. The lowest BCUT2D eigenvalue weighted by atomic mass is 9.98. The Hall–Kier alpha value is -2.20. The van der Waals surface area contributed by atoms with Crippen molar-refractivity contribution in [1.29, 1.82) is 0 Å². The summed E-state index contributed by atoms with van der Waals surface area (Å²) >= 11 is 0. The maximum Gasteiger partial charge on any atom is 0.252 e.